The monoisotopic (exact) mass is 329 g/mol. The lowest BCUT2D eigenvalue weighted by Gasteiger charge is -2.01. The van der Waals surface area contributed by atoms with Crippen LogP contribution in [0.3, 0.4) is 0 Å². The van der Waals surface area contributed by atoms with Crippen molar-refractivity contribution < 1.29 is 9.84 Å². The van der Waals surface area contributed by atoms with E-state index < -0.39 is 0 Å². The number of aryl methyl sites for hydroxylation is 1. The predicted octanol–water partition coefficient (Wildman–Crippen LogP) is 5.82. The molecule has 3 N–H and O–H groups in total. The van der Waals surface area contributed by atoms with Gasteiger partial charge in [-0.15, -0.1) is 0 Å². The molecule has 0 aliphatic heterocycles. The summed E-state index contributed by atoms with van der Waals surface area (Å²) in [5.41, 5.74) is 8.12. The maximum atomic E-state index is 9.24. The Balaban J connectivity index is 0.000000390. The lowest BCUT2D eigenvalue weighted by molar-refractivity contribution is 0.411. The molecule has 0 atom stereocenters. The number of hydrogen-bond acceptors (Lipinski definition) is 3. The van der Waals surface area contributed by atoms with E-state index in [1.165, 1.54) is 12.0 Å². The average Bonchev–Trinajstić information content (AvgIpc) is 2.58. The standard InChI is InChI=1S/C10H13NO.C8H10O.C3H8/c1-2-3-5-8-6-4-7-9(12)10(8)11;1-7-5-3-4-6-8(7)9-2;1-3-2/h3-7,12H,2,11H2,1H3;3-6H,1-2H3;3H2,1-2H3/b5-3-;;. The Morgan fingerprint density at radius 1 is 1.04 bits per heavy atom. The third-order valence-electron chi connectivity index (χ3n) is 2.96. The summed E-state index contributed by atoms with van der Waals surface area (Å²) in [4.78, 5) is 0. The van der Waals surface area contributed by atoms with Crippen molar-refractivity contribution in [3.63, 3.8) is 0 Å². The second-order valence-corrected chi connectivity index (χ2v) is 5.27. The molecule has 0 unspecified atom stereocenters. The topological polar surface area (TPSA) is 55.5 Å². The van der Waals surface area contributed by atoms with Crippen molar-refractivity contribution in [2.75, 3.05) is 12.8 Å². The summed E-state index contributed by atoms with van der Waals surface area (Å²) in [5, 5.41) is 9.24. The number of hydrogen-bond donors (Lipinski definition) is 2. The molecule has 2 aromatic rings. The quantitative estimate of drug-likeness (QED) is 0.551. The van der Waals surface area contributed by atoms with Crippen LogP contribution in [0, 0.1) is 6.92 Å². The van der Waals surface area contributed by atoms with Crippen molar-refractivity contribution in [1.29, 1.82) is 0 Å². The SMILES string of the molecule is CC/C=C\c1cccc(O)c1N.CCC.COc1ccccc1C. The van der Waals surface area contributed by atoms with Crippen LogP contribution in [0.15, 0.2) is 48.5 Å². The zero-order chi connectivity index (χ0) is 18.4. The minimum Gasteiger partial charge on any atom is -0.506 e. The highest BCUT2D eigenvalue weighted by atomic mass is 16.5. The van der Waals surface area contributed by atoms with Gasteiger partial charge >= 0.3 is 0 Å². The second-order valence-electron chi connectivity index (χ2n) is 5.27. The zero-order valence-electron chi connectivity index (χ0n) is 15.5. The minimum absolute atomic E-state index is 0.147. The lowest BCUT2D eigenvalue weighted by Crippen LogP contribution is -1.88. The van der Waals surface area contributed by atoms with Crippen LogP contribution < -0.4 is 10.5 Å². The third kappa shape index (κ3) is 8.28. The molecular weight excluding hydrogens is 298 g/mol. The molecule has 0 fully saturated rings. The molecule has 0 spiro atoms. The van der Waals surface area contributed by atoms with Gasteiger partial charge in [-0.25, -0.2) is 0 Å². The van der Waals surface area contributed by atoms with Crippen molar-refractivity contribution in [3.8, 4) is 11.5 Å². The molecule has 0 aliphatic carbocycles. The first kappa shape index (κ1) is 21.6. The van der Waals surface area contributed by atoms with E-state index in [2.05, 4.69) is 20.8 Å². The van der Waals surface area contributed by atoms with Gasteiger partial charge in [0.05, 0.1) is 12.8 Å². The highest BCUT2D eigenvalue weighted by Crippen LogP contribution is 2.24. The summed E-state index contributed by atoms with van der Waals surface area (Å²) in [5.74, 6) is 1.10. The number of nitrogens with two attached hydrogens (primary N) is 1. The van der Waals surface area contributed by atoms with Crippen LogP contribution in [-0.4, -0.2) is 12.2 Å². The van der Waals surface area contributed by atoms with Crippen LogP contribution in [0.5, 0.6) is 11.5 Å². The molecule has 0 saturated heterocycles. The Kier molecular flexibility index (Phi) is 11.7. The number of phenolic OH excluding ortho intramolecular Hbond substituents is 1. The van der Waals surface area contributed by atoms with Gasteiger partial charge in [-0.3, -0.25) is 0 Å². The molecule has 0 heterocycles. The van der Waals surface area contributed by atoms with Crippen LogP contribution >= 0.6 is 0 Å². The van der Waals surface area contributed by atoms with Crippen LogP contribution in [0.1, 0.15) is 44.7 Å². The summed E-state index contributed by atoms with van der Waals surface area (Å²) in [6, 6.07) is 13.2. The Morgan fingerprint density at radius 2 is 1.67 bits per heavy atom. The van der Waals surface area contributed by atoms with Crippen LogP contribution in [0.25, 0.3) is 6.08 Å². The Morgan fingerprint density at radius 3 is 2.17 bits per heavy atom. The minimum atomic E-state index is 0.147. The van der Waals surface area contributed by atoms with Gasteiger partial charge in [0.15, 0.2) is 0 Å². The van der Waals surface area contributed by atoms with E-state index >= 15 is 0 Å². The van der Waals surface area contributed by atoms with E-state index in [-0.39, 0.29) is 5.75 Å². The van der Waals surface area contributed by atoms with Crippen molar-refractivity contribution >= 4 is 11.8 Å². The van der Waals surface area contributed by atoms with Gasteiger partial charge in [-0.1, -0.05) is 69.7 Å². The van der Waals surface area contributed by atoms with Crippen molar-refractivity contribution in [3.05, 3.63) is 59.7 Å². The number of anilines is 1. The van der Waals surface area contributed by atoms with E-state index in [0.29, 0.717) is 5.69 Å². The van der Waals surface area contributed by atoms with Gasteiger partial charge in [0.25, 0.3) is 0 Å². The summed E-state index contributed by atoms with van der Waals surface area (Å²) in [6.07, 6.45) is 6.13. The molecule has 24 heavy (non-hydrogen) atoms. The number of ether oxygens (including phenoxy) is 1. The first-order valence-corrected chi connectivity index (χ1v) is 8.35. The average molecular weight is 329 g/mol. The maximum absolute atomic E-state index is 9.24. The molecule has 0 aliphatic rings. The van der Waals surface area contributed by atoms with E-state index in [9.17, 15) is 5.11 Å². The first-order chi connectivity index (χ1) is 11.5. The molecule has 0 saturated carbocycles. The Labute approximate surface area is 146 Å². The van der Waals surface area contributed by atoms with Gasteiger partial charge < -0.3 is 15.6 Å². The normalized spacial score (nSPS) is 9.54. The summed E-state index contributed by atoms with van der Waals surface area (Å²) < 4.78 is 5.04. The summed E-state index contributed by atoms with van der Waals surface area (Å²) in [7, 11) is 1.68. The highest BCUT2D eigenvalue weighted by Gasteiger charge is 1.98. The number of benzene rings is 2. The fraction of sp³-hybridized carbons (Fsp3) is 0.333. The van der Waals surface area contributed by atoms with Gasteiger partial charge in [0.1, 0.15) is 11.5 Å². The van der Waals surface area contributed by atoms with Crippen molar-refractivity contribution in [2.24, 2.45) is 0 Å². The first-order valence-electron chi connectivity index (χ1n) is 8.35. The maximum Gasteiger partial charge on any atom is 0.139 e. The predicted molar refractivity (Wildman–Crippen MR) is 106 cm³/mol. The zero-order valence-corrected chi connectivity index (χ0v) is 15.5. The second kappa shape index (κ2) is 13.1. The highest BCUT2D eigenvalue weighted by molar-refractivity contribution is 5.69. The summed E-state index contributed by atoms with van der Waals surface area (Å²) >= 11 is 0. The number of rotatable bonds is 3. The van der Waals surface area contributed by atoms with Crippen molar-refractivity contribution in [1.82, 2.24) is 0 Å². The lowest BCUT2D eigenvalue weighted by atomic mass is 10.1. The van der Waals surface area contributed by atoms with Gasteiger partial charge in [0.2, 0.25) is 0 Å². The number of phenols is 1. The number of methoxy groups -OCH3 is 1. The largest absolute Gasteiger partial charge is 0.506 e. The molecule has 3 heteroatoms. The van der Waals surface area contributed by atoms with Crippen LogP contribution in [0.4, 0.5) is 5.69 Å². The molecule has 0 bridgehead atoms. The smallest absolute Gasteiger partial charge is 0.139 e. The number of nitrogen functional groups attached to an aromatic ring is 1. The van der Waals surface area contributed by atoms with Gasteiger partial charge in [-0.05, 0) is 31.0 Å². The fourth-order valence-electron chi connectivity index (χ4n) is 1.75. The number of aromatic hydroxyl groups is 1. The van der Waals surface area contributed by atoms with Crippen LogP contribution in [0.2, 0.25) is 0 Å². The fourth-order valence-corrected chi connectivity index (χ4v) is 1.75. The van der Waals surface area contributed by atoms with E-state index in [4.69, 9.17) is 10.5 Å². The molecule has 0 aromatic heterocycles. The molecule has 2 aromatic carbocycles. The van der Waals surface area contributed by atoms with E-state index in [1.807, 2.05) is 49.4 Å². The van der Waals surface area contributed by atoms with Crippen LogP contribution in [-0.2, 0) is 0 Å². The van der Waals surface area contributed by atoms with Gasteiger partial charge in [0, 0.05) is 5.56 Å². The summed E-state index contributed by atoms with van der Waals surface area (Å²) in [6.45, 7) is 8.33. The molecule has 132 valence electrons. The Hall–Kier alpha value is -2.42. The third-order valence-corrected chi connectivity index (χ3v) is 2.96. The molecule has 0 amide bonds. The van der Waals surface area contributed by atoms with Crippen molar-refractivity contribution in [2.45, 2.75) is 40.5 Å². The molecule has 2 rings (SSSR count). The molecular formula is C21H31NO2. The number of allylic oxidation sites excluding steroid dienone is 1. The molecule has 0 radical (unpaired) electrons. The molecule has 3 nitrogen and oxygen atoms in total. The van der Waals surface area contributed by atoms with E-state index in [1.54, 1.807) is 19.2 Å². The van der Waals surface area contributed by atoms with E-state index in [0.717, 1.165) is 17.7 Å². The van der Waals surface area contributed by atoms with Gasteiger partial charge in [-0.2, -0.15) is 0 Å². The number of para-hydroxylation sites is 2. The Bertz CT molecular complexity index is 607.